The van der Waals surface area contributed by atoms with Gasteiger partial charge in [-0.15, -0.1) is 0 Å². The topological polar surface area (TPSA) is 160 Å². The van der Waals surface area contributed by atoms with Crippen molar-refractivity contribution in [1.82, 2.24) is 35.1 Å². The molecule has 1 aliphatic rings. The zero-order chi connectivity index (χ0) is 34.0. The van der Waals surface area contributed by atoms with Crippen molar-refractivity contribution in [3.8, 4) is 5.75 Å². The molecular formula is C34H42N11O2P. The van der Waals surface area contributed by atoms with Gasteiger partial charge in [-0.3, -0.25) is 9.97 Å². The van der Waals surface area contributed by atoms with Crippen LogP contribution < -0.4 is 30.9 Å². The highest BCUT2D eigenvalue weighted by molar-refractivity contribution is 7.71. The first-order valence-corrected chi connectivity index (χ1v) is 18.5. The summed E-state index contributed by atoms with van der Waals surface area (Å²) in [5, 5.41) is 19.9. The number of allylic oxidation sites excluding steroid dienone is 1. The molecule has 0 spiro atoms. The Morgan fingerprint density at radius 1 is 1.04 bits per heavy atom. The molecular weight excluding hydrogens is 625 g/mol. The Labute approximate surface area is 280 Å². The van der Waals surface area contributed by atoms with E-state index in [0.717, 1.165) is 48.4 Å². The van der Waals surface area contributed by atoms with Crippen molar-refractivity contribution < 1.29 is 9.30 Å². The molecule has 0 radical (unpaired) electrons. The number of hydrogen-bond acceptors (Lipinski definition) is 12. The van der Waals surface area contributed by atoms with E-state index in [1.54, 1.807) is 39.0 Å². The summed E-state index contributed by atoms with van der Waals surface area (Å²) in [5.41, 5.74) is 5.77. The Balaban J connectivity index is 1.44. The lowest BCUT2D eigenvalue weighted by atomic mass is 10.0. The molecule has 0 saturated carbocycles. The maximum absolute atomic E-state index is 13.6. The summed E-state index contributed by atoms with van der Waals surface area (Å²) < 4.78 is 19.5. The minimum Gasteiger partial charge on any atom is -0.494 e. The Hall–Kier alpha value is -5.00. The third-order valence-corrected chi connectivity index (χ3v) is 9.80. The van der Waals surface area contributed by atoms with Crippen LogP contribution in [0.15, 0.2) is 55.1 Å². The van der Waals surface area contributed by atoms with Gasteiger partial charge in [-0.2, -0.15) is 9.97 Å². The van der Waals surface area contributed by atoms with E-state index < -0.39 is 7.14 Å². The minimum absolute atomic E-state index is 0.208. The van der Waals surface area contributed by atoms with Crippen molar-refractivity contribution in [2.75, 3.05) is 69.2 Å². The maximum atomic E-state index is 13.6. The van der Waals surface area contributed by atoms with Crippen molar-refractivity contribution >= 4 is 75.1 Å². The second kappa shape index (κ2) is 13.6. The molecule has 1 saturated heterocycles. The first kappa shape index (κ1) is 32.9. The van der Waals surface area contributed by atoms with E-state index in [2.05, 4.69) is 61.6 Å². The molecule has 2 aromatic carbocycles. The lowest BCUT2D eigenvalue weighted by Gasteiger charge is -2.35. The van der Waals surface area contributed by atoms with Gasteiger partial charge in [0.2, 0.25) is 5.95 Å². The van der Waals surface area contributed by atoms with E-state index in [0.29, 0.717) is 50.9 Å². The summed E-state index contributed by atoms with van der Waals surface area (Å²) >= 11 is 0. The van der Waals surface area contributed by atoms with Gasteiger partial charge in [-0.05, 0) is 58.5 Å². The normalized spacial score (nSPS) is 14.5. The summed E-state index contributed by atoms with van der Waals surface area (Å²) in [6.45, 7) is 11.2. The number of hydrogen-bond donors (Lipinski definition) is 5. The predicted octanol–water partition coefficient (Wildman–Crippen LogP) is 5.39. The first-order chi connectivity index (χ1) is 23.0. The van der Waals surface area contributed by atoms with Crippen LogP contribution in [0.3, 0.4) is 0 Å². The van der Waals surface area contributed by atoms with Crippen LogP contribution in [0, 0.1) is 5.41 Å². The van der Waals surface area contributed by atoms with E-state index in [9.17, 15) is 4.57 Å². The van der Waals surface area contributed by atoms with Gasteiger partial charge in [0.1, 0.15) is 29.9 Å². The number of likely N-dealkylation sites (N-methyl/N-ethyl adjacent to an activating group) is 1. The van der Waals surface area contributed by atoms with Crippen molar-refractivity contribution in [2.45, 2.75) is 19.9 Å². The monoisotopic (exact) mass is 667 g/mol. The summed E-state index contributed by atoms with van der Waals surface area (Å²) in [6.07, 6.45) is 8.29. The summed E-state index contributed by atoms with van der Waals surface area (Å²) in [5.74, 6) is 1.46. The largest absolute Gasteiger partial charge is 0.494 e. The molecule has 5 aromatic rings. The molecule has 5 N–H and O–H groups in total. The van der Waals surface area contributed by atoms with Crippen LogP contribution in [-0.4, -0.2) is 95.7 Å². The zero-order valence-corrected chi connectivity index (χ0v) is 29.0. The van der Waals surface area contributed by atoms with Crippen molar-refractivity contribution in [3.05, 3.63) is 60.7 Å². The van der Waals surface area contributed by atoms with Gasteiger partial charge in [0, 0.05) is 86.1 Å². The molecule has 4 heterocycles. The van der Waals surface area contributed by atoms with E-state index >= 15 is 0 Å². The van der Waals surface area contributed by atoms with Gasteiger partial charge < -0.3 is 45.4 Å². The van der Waals surface area contributed by atoms with Gasteiger partial charge >= 0.3 is 0 Å². The van der Waals surface area contributed by atoms with Crippen LogP contribution in [0.4, 0.5) is 28.8 Å². The third kappa shape index (κ3) is 6.83. The molecule has 6 rings (SSSR count). The molecule has 3 aromatic heterocycles. The van der Waals surface area contributed by atoms with Crippen molar-refractivity contribution in [2.24, 2.45) is 0 Å². The molecule has 0 aliphatic carbocycles. The molecule has 0 atom stereocenters. The number of piperazine rings is 1. The second-order valence-corrected chi connectivity index (χ2v) is 15.7. The molecule has 13 nitrogen and oxygen atoms in total. The molecule has 48 heavy (non-hydrogen) atoms. The van der Waals surface area contributed by atoms with Crippen molar-refractivity contribution in [1.29, 1.82) is 5.41 Å². The lowest BCUT2D eigenvalue weighted by molar-refractivity contribution is 0.312. The third-order valence-electron chi connectivity index (χ3n) is 8.27. The predicted molar refractivity (Wildman–Crippen MR) is 197 cm³/mol. The van der Waals surface area contributed by atoms with Crippen molar-refractivity contribution in [3.63, 3.8) is 0 Å². The average Bonchev–Trinajstić information content (AvgIpc) is 3.54. The molecule has 1 aliphatic heterocycles. The quantitative estimate of drug-likeness (QED) is 0.0909. The number of nitrogens with one attached hydrogen (secondary N) is 5. The Bertz CT molecular complexity index is 2040. The number of fused-ring (bicyclic) bond motifs is 2. The minimum atomic E-state index is -2.80. The number of methoxy groups -OCH3 is 1. The van der Waals surface area contributed by atoms with Crippen LogP contribution in [0.25, 0.3) is 27.6 Å². The highest BCUT2D eigenvalue weighted by atomic mass is 31.2. The number of aromatic nitrogens is 5. The van der Waals surface area contributed by atoms with E-state index in [1.807, 2.05) is 36.5 Å². The fraction of sp³-hybridized carbons (Fsp3) is 0.324. The summed E-state index contributed by atoms with van der Waals surface area (Å²) in [7, 11) is 0.973. The van der Waals surface area contributed by atoms with E-state index in [1.165, 1.54) is 6.21 Å². The van der Waals surface area contributed by atoms with Crippen LogP contribution in [0.1, 0.15) is 19.4 Å². The standard InChI is InChI=1S/C34H42N11O2P/c1-21(2)39-20-22(19-35)24-17-27(29(47-4)18-28(24)45-15-13-44(3)14-16-45)41-34-42-32-23(9-10-38-32)33(43-34)40-26-8-7-25-30(37-12-11-36-25)31(26)48(5,6)46/h7-12,17-21,35,39H,13-16H2,1-6H3,(H3,38,40,41,42,43)/b22-20+,35-19?. The van der Waals surface area contributed by atoms with E-state index in [-0.39, 0.29) is 6.04 Å². The highest BCUT2D eigenvalue weighted by Crippen LogP contribution is 2.42. The average molecular weight is 668 g/mol. The van der Waals surface area contributed by atoms with Crippen LogP contribution in [0.2, 0.25) is 0 Å². The fourth-order valence-corrected chi connectivity index (χ4v) is 7.23. The summed E-state index contributed by atoms with van der Waals surface area (Å²) in [6, 6.07) is 9.83. The van der Waals surface area contributed by atoms with Gasteiger partial charge in [0.15, 0.2) is 0 Å². The highest BCUT2D eigenvalue weighted by Gasteiger charge is 2.24. The SMILES string of the molecule is COc1cc(N2CCN(C)CC2)c(/C(C=N)=C/NC(C)C)cc1Nc1nc(Nc2ccc3nccnc3c2P(C)(C)=O)c2cc[nH]c2n1. The Kier molecular flexibility index (Phi) is 9.34. The number of H-pyrrole nitrogens is 1. The summed E-state index contributed by atoms with van der Waals surface area (Å²) in [4.78, 5) is 26.4. The van der Waals surface area contributed by atoms with Gasteiger partial charge in [0.05, 0.1) is 34.7 Å². The molecule has 250 valence electrons. The smallest absolute Gasteiger partial charge is 0.231 e. The maximum Gasteiger partial charge on any atom is 0.231 e. The number of nitrogens with zero attached hydrogens (tertiary/aromatic N) is 6. The number of aromatic amines is 1. The number of benzene rings is 2. The molecule has 0 amide bonds. The molecule has 1 fully saturated rings. The first-order valence-electron chi connectivity index (χ1n) is 15.9. The molecule has 0 bridgehead atoms. The van der Waals surface area contributed by atoms with Gasteiger partial charge in [-0.1, -0.05) is 0 Å². The fourth-order valence-electron chi connectivity index (χ4n) is 5.84. The molecule has 14 heteroatoms. The van der Waals surface area contributed by atoms with Crippen LogP contribution >= 0.6 is 7.14 Å². The van der Waals surface area contributed by atoms with E-state index in [4.69, 9.17) is 20.1 Å². The number of anilines is 5. The van der Waals surface area contributed by atoms with Gasteiger partial charge in [-0.25, -0.2) is 0 Å². The van der Waals surface area contributed by atoms with Crippen LogP contribution in [0.5, 0.6) is 5.75 Å². The van der Waals surface area contributed by atoms with Gasteiger partial charge in [0.25, 0.3) is 0 Å². The number of rotatable bonds is 11. The second-order valence-electron chi connectivity index (χ2n) is 12.5. The van der Waals surface area contributed by atoms with Crippen LogP contribution in [-0.2, 0) is 4.57 Å². The number of ether oxygens (including phenoxy) is 1. The Morgan fingerprint density at radius 2 is 1.81 bits per heavy atom. The lowest BCUT2D eigenvalue weighted by Crippen LogP contribution is -2.44. The zero-order valence-electron chi connectivity index (χ0n) is 28.1. The molecule has 0 unspecified atom stereocenters. The Morgan fingerprint density at radius 3 is 2.52 bits per heavy atom.